The molecule has 0 amide bonds. The molecule has 0 unspecified atom stereocenters. The Morgan fingerprint density at radius 1 is 1.47 bits per heavy atom. The Kier molecular flexibility index (Phi) is 4.12. The quantitative estimate of drug-likeness (QED) is 0.828. The molecule has 106 valence electrons. The van der Waals surface area contributed by atoms with Gasteiger partial charge in [0, 0.05) is 11.8 Å². The Balaban J connectivity index is 3.26. The van der Waals surface area contributed by atoms with Crippen LogP contribution < -0.4 is 10.5 Å². The number of rotatable bonds is 4. The standard InChI is InChI=1S/C9H7F5N2O3/c10-8(11)7-3(15)1-5(19-9(12,13)14)16-4(7)2-6(17)18/h1,8H,2H2,(H2,15,16)(H,17,18). The number of alkyl halides is 5. The molecule has 0 atom stereocenters. The van der Waals surface area contributed by atoms with Crippen LogP contribution in [0.3, 0.4) is 0 Å². The molecule has 10 heteroatoms. The SMILES string of the molecule is Nc1cc(OC(F)(F)F)nc(CC(=O)O)c1C(F)F. The third kappa shape index (κ3) is 4.23. The summed E-state index contributed by atoms with van der Waals surface area (Å²) >= 11 is 0. The third-order valence-corrected chi connectivity index (χ3v) is 1.90. The summed E-state index contributed by atoms with van der Waals surface area (Å²) in [6.45, 7) is 0. The van der Waals surface area contributed by atoms with Gasteiger partial charge < -0.3 is 15.6 Å². The highest BCUT2D eigenvalue weighted by Gasteiger charge is 2.33. The van der Waals surface area contributed by atoms with Crippen molar-refractivity contribution in [1.82, 2.24) is 4.98 Å². The first-order chi connectivity index (χ1) is 8.60. The summed E-state index contributed by atoms with van der Waals surface area (Å²) in [5.41, 5.74) is 2.74. The van der Waals surface area contributed by atoms with E-state index >= 15 is 0 Å². The first kappa shape index (κ1) is 14.9. The third-order valence-electron chi connectivity index (χ3n) is 1.90. The summed E-state index contributed by atoms with van der Waals surface area (Å²) in [7, 11) is 0. The maximum Gasteiger partial charge on any atom is 0.574 e. The number of nitrogens with two attached hydrogens (primary N) is 1. The first-order valence-corrected chi connectivity index (χ1v) is 4.65. The van der Waals surface area contributed by atoms with Gasteiger partial charge in [-0.1, -0.05) is 0 Å². The van der Waals surface area contributed by atoms with E-state index in [4.69, 9.17) is 10.8 Å². The number of aromatic nitrogens is 1. The average Bonchev–Trinajstić information content (AvgIpc) is 2.10. The highest BCUT2D eigenvalue weighted by molar-refractivity contribution is 5.71. The lowest BCUT2D eigenvalue weighted by Gasteiger charge is -2.13. The predicted molar refractivity (Wildman–Crippen MR) is 51.6 cm³/mol. The molecule has 5 nitrogen and oxygen atoms in total. The molecule has 0 saturated carbocycles. The molecule has 0 spiro atoms. The summed E-state index contributed by atoms with van der Waals surface area (Å²) < 4.78 is 64.6. The number of halogens is 5. The number of pyridine rings is 1. The summed E-state index contributed by atoms with van der Waals surface area (Å²) in [6.07, 6.45) is -9.26. The van der Waals surface area contributed by atoms with Crippen molar-refractivity contribution in [2.75, 3.05) is 5.73 Å². The van der Waals surface area contributed by atoms with Gasteiger partial charge in [-0.2, -0.15) is 0 Å². The lowest BCUT2D eigenvalue weighted by atomic mass is 10.1. The smallest absolute Gasteiger partial charge is 0.481 e. The minimum atomic E-state index is -5.09. The van der Waals surface area contributed by atoms with Crippen LogP contribution >= 0.6 is 0 Å². The van der Waals surface area contributed by atoms with Gasteiger partial charge in [-0.05, 0) is 0 Å². The Bertz CT molecular complexity index is 489. The molecule has 3 N–H and O–H groups in total. The van der Waals surface area contributed by atoms with Crippen LogP contribution in [0.25, 0.3) is 0 Å². The highest BCUT2D eigenvalue weighted by Crippen LogP contribution is 2.32. The first-order valence-electron chi connectivity index (χ1n) is 4.65. The fourth-order valence-electron chi connectivity index (χ4n) is 1.30. The van der Waals surface area contributed by atoms with Gasteiger partial charge in [0.2, 0.25) is 5.88 Å². The molecule has 0 bridgehead atoms. The number of carboxylic acids is 1. The molecule has 1 rings (SSSR count). The zero-order chi connectivity index (χ0) is 14.8. The number of nitrogen functional groups attached to an aromatic ring is 1. The van der Waals surface area contributed by atoms with Crippen LogP contribution in [0.15, 0.2) is 6.07 Å². The fourth-order valence-corrected chi connectivity index (χ4v) is 1.30. The van der Waals surface area contributed by atoms with Crippen molar-refractivity contribution in [2.24, 2.45) is 0 Å². The lowest BCUT2D eigenvalue weighted by molar-refractivity contribution is -0.276. The number of carboxylic acid groups (broad SMARTS) is 1. The van der Waals surface area contributed by atoms with E-state index in [1.807, 2.05) is 0 Å². The molecule has 0 fully saturated rings. The molecule has 0 radical (unpaired) electrons. The molecule has 0 aliphatic heterocycles. The molecule has 19 heavy (non-hydrogen) atoms. The van der Waals surface area contributed by atoms with E-state index in [0.717, 1.165) is 0 Å². The Labute approximate surface area is 102 Å². The van der Waals surface area contributed by atoms with E-state index < -0.39 is 48.0 Å². The van der Waals surface area contributed by atoms with Crippen LogP contribution in [-0.4, -0.2) is 22.4 Å². The summed E-state index contributed by atoms with van der Waals surface area (Å²) in [5.74, 6) is -2.64. The summed E-state index contributed by atoms with van der Waals surface area (Å²) in [5, 5.41) is 8.50. The maximum absolute atomic E-state index is 12.6. The molecular weight excluding hydrogens is 279 g/mol. The van der Waals surface area contributed by atoms with Gasteiger partial charge in [0.15, 0.2) is 0 Å². The molecule has 1 aromatic heterocycles. The summed E-state index contributed by atoms with van der Waals surface area (Å²) in [6, 6.07) is 0.459. The molecule has 0 aliphatic rings. The monoisotopic (exact) mass is 286 g/mol. The topological polar surface area (TPSA) is 85.4 Å². The maximum atomic E-state index is 12.6. The Hall–Kier alpha value is -2.13. The van der Waals surface area contributed by atoms with Crippen molar-refractivity contribution >= 4 is 11.7 Å². The van der Waals surface area contributed by atoms with Crippen molar-refractivity contribution in [3.63, 3.8) is 0 Å². The van der Waals surface area contributed by atoms with Crippen molar-refractivity contribution in [2.45, 2.75) is 19.2 Å². The van der Waals surface area contributed by atoms with Crippen molar-refractivity contribution in [3.8, 4) is 5.88 Å². The van der Waals surface area contributed by atoms with Crippen LogP contribution in [0.4, 0.5) is 27.6 Å². The van der Waals surface area contributed by atoms with Gasteiger partial charge in [0.1, 0.15) is 0 Å². The second-order valence-electron chi connectivity index (χ2n) is 3.33. The zero-order valence-electron chi connectivity index (χ0n) is 9.04. The number of nitrogens with zero attached hydrogens (tertiary/aromatic N) is 1. The van der Waals surface area contributed by atoms with Gasteiger partial charge >= 0.3 is 12.3 Å². The van der Waals surface area contributed by atoms with E-state index in [9.17, 15) is 26.7 Å². The molecule has 1 aromatic rings. The predicted octanol–water partition coefficient (Wildman–Crippen LogP) is 2.13. The second-order valence-corrected chi connectivity index (χ2v) is 3.33. The number of ether oxygens (including phenoxy) is 1. The number of hydrogen-bond donors (Lipinski definition) is 2. The number of hydrogen-bond acceptors (Lipinski definition) is 4. The molecule has 0 aliphatic carbocycles. The molecule has 0 saturated heterocycles. The van der Waals surface area contributed by atoms with E-state index in [1.54, 1.807) is 0 Å². The van der Waals surface area contributed by atoms with E-state index in [0.29, 0.717) is 6.07 Å². The minimum absolute atomic E-state index is 0.459. The van der Waals surface area contributed by atoms with Gasteiger partial charge in [-0.3, -0.25) is 4.79 Å². The number of aliphatic carboxylic acids is 1. The van der Waals surface area contributed by atoms with E-state index in [-0.39, 0.29) is 0 Å². The lowest BCUT2D eigenvalue weighted by Crippen LogP contribution is -2.19. The number of anilines is 1. The second kappa shape index (κ2) is 5.24. The van der Waals surface area contributed by atoms with Crippen LogP contribution in [-0.2, 0) is 11.2 Å². The summed E-state index contributed by atoms with van der Waals surface area (Å²) in [4.78, 5) is 13.6. The van der Waals surface area contributed by atoms with Gasteiger partial charge in [-0.15, -0.1) is 13.2 Å². The fraction of sp³-hybridized carbons (Fsp3) is 0.333. The normalized spacial score (nSPS) is 11.7. The van der Waals surface area contributed by atoms with Crippen LogP contribution in [0.5, 0.6) is 5.88 Å². The highest BCUT2D eigenvalue weighted by atomic mass is 19.4. The molecule has 0 aromatic carbocycles. The Morgan fingerprint density at radius 2 is 2.05 bits per heavy atom. The number of carbonyl (C=O) groups is 1. The van der Waals surface area contributed by atoms with Crippen LogP contribution in [0.2, 0.25) is 0 Å². The van der Waals surface area contributed by atoms with Crippen LogP contribution in [0, 0.1) is 0 Å². The van der Waals surface area contributed by atoms with Crippen molar-refractivity contribution in [1.29, 1.82) is 0 Å². The van der Waals surface area contributed by atoms with E-state index in [2.05, 4.69) is 9.72 Å². The van der Waals surface area contributed by atoms with E-state index in [1.165, 1.54) is 0 Å². The van der Waals surface area contributed by atoms with Gasteiger partial charge in [0.05, 0.1) is 17.7 Å². The zero-order valence-corrected chi connectivity index (χ0v) is 9.04. The van der Waals surface area contributed by atoms with Gasteiger partial charge in [-0.25, -0.2) is 13.8 Å². The minimum Gasteiger partial charge on any atom is -0.481 e. The Morgan fingerprint density at radius 3 is 2.47 bits per heavy atom. The largest absolute Gasteiger partial charge is 0.574 e. The average molecular weight is 286 g/mol. The van der Waals surface area contributed by atoms with Crippen molar-refractivity contribution < 1.29 is 36.6 Å². The van der Waals surface area contributed by atoms with Gasteiger partial charge in [0.25, 0.3) is 6.43 Å². The van der Waals surface area contributed by atoms with Crippen molar-refractivity contribution in [3.05, 3.63) is 17.3 Å². The molecule has 1 heterocycles. The van der Waals surface area contributed by atoms with Crippen LogP contribution in [0.1, 0.15) is 17.7 Å². The molecular formula is C9H7F5N2O3.